The molecule has 10 heteroatoms. The first kappa shape index (κ1) is 23.5. The lowest BCUT2D eigenvalue weighted by molar-refractivity contribution is -0.109. The maximum absolute atomic E-state index is 13.6. The molecular weight excluding hydrogens is 456 g/mol. The summed E-state index contributed by atoms with van der Waals surface area (Å²) in [5.41, 5.74) is 0.961. The lowest BCUT2D eigenvalue weighted by Gasteiger charge is -2.18. The van der Waals surface area contributed by atoms with Crippen molar-refractivity contribution in [3.05, 3.63) is 68.7 Å². The van der Waals surface area contributed by atoms with Crippen molar-refractivity contribution in [1.82, 2.24) is 19.4 Å². The van der Waals surface area contributed by atoms with Gasteiger partial charge in [-0.1, -0.05) is 18.2 Å². The average Bonchev–Trinajstić information content (AvgIpc) is 3.47. The van der Waals surface area contributed by atoms with E-state index in [4.69, 9.17) is 9.15 Å². The van der Waals surface area contributed by atoms with E-state index in [2.05, 4.69) is 10.3 Å². The van der Waals surface area contributed by atoms with E-state index in [9.17, 15) is 14.4 Å². The molecule has 0 fully saturated rings. The van der Waals surface area contributed by atoms with E-state index in [0.717, 1.165) is 21.8 Å². The zero-order valence-electron chi connectivity index (χ0n) is 19.2. The number of methoxy groups -OCH3 is 1. The van der Waals surface area contributed by atoms with Crippen molar-refractivity contribution in [3.63, 3.8) is 0 Å². The van der Waals surface area contributed by atoms with Gasteiger partial charge in [0, 0.05) is 19.1 Å². The van der Waals surface area contributed by atoms with Gasteiger partial charge in [-0.3, -0.25) is 18.7 Å². The number of carbonyl (C=O) groups excluding carboxylic acids is 1. The normalized spacial score (nSPS) is 12.1. The number of thiophene rings is 1. The minimum absolute atomic E-state index is 0.348. The highest BCUT2D eigenvalue weighted by Crippen LogP contribution is 2.35. The second-order valence-corrected chi connectivity index (χ2v) is 8.95. The van der Waals surface area contributed by atoms with Gasteiger partial charge in [-0.15, -0.1) is 11.3 Å². The maximum Gasteiger partial charge on any atom is 0.332 e. The molecule has 1 atom stereocenters. The number of nitrogens with zero attached hydrogens (tertiary/aromatic N) is 3. The van der Waals surface area contributed by atoms with E-state index in [0.29, 0.717) is 48.4 Å². The van der Waals surface area contributed by atoms with Crippen LogP contribution in [0.15, 0.2) is 50.7 Å². The van der Waals surface area contributed by atoms with Gasteiger partial charge in [-0.05, 0) is 43.9 Å². The van der Waals surface area contributed by atoms with E-state index >= 15 is 0 Å². The molecule has 4 aromatic rings. The number of aromatic nitrogens is 3. The molecule has 9 nitrogen and oxygen atoms in total. The number of hydrogen-bond donors (Lipinski definition) is 1. The fraction of sp³-hybridized carbons (Fsp3) is 0.333. The minimum Gasteiger partial charge on any atom is -0.496 e. The lowest BCUT2D eigenvalue weighted by atomic mass is 10.1. The van der Waals surface area contributed by atoms with Crippen LogP contribution in [0.3, 0.4) is 0 Å². The predicted molar refractivity (Wildman–Crippen MR) is 131 cm³/mol. The van der Waals surface area contributed by atoms with E-state index in [-0.39, 0.29) is 11.2 Å². The zero-order chi connectivity index (χ0) is 24.2. The molecule has 4 rings (SSSR count). The fourth-order valence-electron chi connectivity index (χ4n) is 4.11. The van der Waals surface area contributed by atoms with Crippen molar-refractivity contribution in [2.75, 3.05) is 13.7 Å². The van der Waals surface area contributed by atoms with Crippen LogP contribution in [-0.2, 0) is 17.8 Å². The van der Waals surface area contributed by atoms with E-state index in [1.54, 1.807) is 17.9 Å². The molecule has 1 amide bonds. The van der Waals surface area contributed by atoms with Crippen molar-refractivity contribution >= 4 is 28.0 Å². The number of amides is 1. The molecule has 0 spiro atoms. The summed E-state index contributed by atoms with van der Waals surface area (Å²) in [4.78, 5) is 43.4. The average molecular weight is 483 g/mol. The maximum atomic E-state index is 13.6. The van der Waals surface area contributed by atoms with Crippen molar-refractivity contribution in [2.24, 2.45) is 0 Å². The summed E-state index contributed by atoms with van der Waals surface area (Å²) in [6.45, 7) is 4.38. The second-order valence-electron chi connectivity index (χ2n) is 7.95. The van der Waals surface area contributed by atoms with Gasteiger partial charge < -0.3 is 14.5 Å². The summed E-state index contributed by atoms with van der Waals surface area (Å²) in [6, 6.07) is 7.26. The van der Waals surface area contributed by atoms with E-state index in [1.807, 2.05) is 38.1 Å². The Morgan fingerprint density at radius 2 is 2.09 bits per heavy atom. The Kier molecular flexibility index (Phi) is 6.97. The molecule has 0 aliphatic heterocycles. The zero-order valence-corrected chi connectivity index (χ0v) is 20.1. The molecule has 0 radical (unpaired) electrons. The summed E-state index contributed by atoms with van der Waals surface area (Å²) in [7, 11) is 1.61. The summed E-state index contributed by atoms with van der Waals surface area (Å²) in [6.07, 6.45) is 4.63. The number of ether oxygens (including phenoxy) is 1. The van der Waals surface area contributed by atoms with Crippen LogP contribution in [0.4, 0.5) is 0 Å². The quantitative estimate of drug-likeness (QED) is 0.275. The molecule has 178 valence electrons. The van der Waals surface area contributed by atoms with Crippen LogP contribution < -0.4 is 21.3 Å². The molecular formula is C24H26N4O5S. The first-order valence-corrected chi connectivity index (χ1v) is 11.8. The highest BCUT2D eigenvalue weighted by Gasteiger charge is 2.24. The van der Waals surface area contributed by atoms with Gasteiger partial charge in [0.2, 0.25) is 12.3 Å². The highest BCUT2D eigenvalue weighted by atomic mass is 32.1. The number of rotatable bonds is 10. The third kappa shape index (κ3) is 4.28. The summed E-state index contributed by atoms with van der Waals surface area (Å²) < 4.78 is 13.9. The summed E-state index contributed by atoms with van der Waals surface area (Å²) in [5, 5.41) is 3.08. The Morgan fingerprint density at radius 1 is 1.29 bits per heavy atom. The lowest BCUT2D eigenvalue weighted by Crippen LogP contribution is -2.42. The summed E-state index contributed by atoms with van der Waals surface area (Å²) >= 11 is 1.33. The van der Waals surface area contributed by atoms with Crippen LogP contribution in [0.2, 0.25) is 0 Å². The minimum atomic E-state index is -0.404. The Balaban J connectivity index is 1.87. The summed E-state index contributed by atoms with van der Waals surface area (Å²) in [5.74, 6) is 1.16. The van der Waals surface area contributed by atoms with Crippen molar-refractivity contribution in [2.45, 2.75) is 39.3 Å². The van der Waals surface area contributed by atoms with Crippen molar-refractivity contribution in [1.29, 1.82) is 0 Å². The monoisotopic (exact) mass is 482 g/mol. The highest BCUT2D eigenvalue weighted by molar-refractivity contribution is 7.22. The van der Waals surface area contributed by atoms with E-state index < -0.39 is 6.04 Å². The number of carbonyl (C=O) groups is 1. The van der Waals surface area contributed by atoms with Gasteiger partial charge in [0.15, 0.2) is 0 Å². The van der Waals surface area contributed by atoms with Crippen LogP contribution in [0.5, 0.6) is 5.75 Å². The standard InChI is InChI=1S/C24H26N4O5S/c1-15(8-10-25-14-29)28-22(30)19-16(2)20(21-26-11-13-33-21)34-23(19)27(24(28)31)12-9-17-6-4-5-7-18(17)32-3/h4-7,11,13-15H,8-10,12H2,1-3H3,(H,25,29). The molecule has 0 saturated heterocycles. The SMILES string of the molecule is COc1ccccc1CCn1c(=O)n(C(C)CCNC=O)c(=O)c2c(C)c(-c3ncco3)sc21. The Labute approximate surface area is 199 Å². The van der Waals surface area contributed by atoms with Crippen LogP contribution in [0.1, 0.15) is 30.5 Å². The molecule has 1 N–H and O–H groups in total. The number of fused-ring (bicyclic) bond motifs is 1. The first-order valence-electron chi connectivity index (χ1n) is 10.9. The van der Waals surface area contributed by atoms with E-state index in [1.165, 1.54) is 22.2 Å². The number of aryl methyl sites for hydroxylation is 3. The molecule has 1 aromatic carbocycles. The third-order valence-electron chi connectivity index (χ3n) is 5.90. The smallest absolute Gasteiger partial charge is 0.332 e. The van der Waals surface area contributed by atoms with Gasteiger partial charge in [0.05, 0.1) is 23.6 Å². The van der Waals surface area contributed by atoms with Crippen LogP contribution in [0.25, 0.3) is 21.0 Å². The van der Waals surface area contributed by atoms with Gasteiger partial charge in [0.1, 0.15) is 16.8 Å². The van der Waals surface area contributed by atoms with Crippen molar-refractivity contribution in [3.8, 4) is 16.5 Å². The largest absolute Gasteiger partial charge is 0.496 e. The Bertz CT molecular complexity index is 1420. The molecule has 3 heterocycles. The molecule has 1 unspecified atom stereocenters. The number of benzene rings is 1. The second kappa shape index (κ2) is 10.1. The van der Waals surface area contributed by atoms with Gasteiger partial charge in [0.25, 0.3) is 5.56 Å². The molecule has 0 aliphatic carbocycles. The van der Waals surface area contributed by atoms with Gasteiger partial charge in [-0.25, -0.2) is 9.78 Å². The Hall–Kier alpha value is -3.66. The molecule has 0 bridgehead atoms. The third-order valence-corrected chi connectivity index (χ3v) is 7.20. The fourth-order valence-corrected chi connectivity index (χ4v) is 5.37. The number of para-hydroxylation sites is 1. The number of hydrogen-bond acceptors (Lipinski definition) is 7. The topological polar surface area (TPSA) is 108 Å². The predicted octanol–water partition coefficient (Wildman–Crippen LogP) is 3.14. The first-order chi connectivity index (χ1) is 16.5. The number of nitrogens with one attached hydrogen (secondary N) is 1. The molecule has 0 saturated carbocycles. The van der Waals surface area contributed by atoms with Gasteiger partial charge in [-0.2, -0.15) is 0 Å². The number of oxazole rings is 1. The van der Waals surface area contributed by atoms with Crippen LogP contribution >= 0.6 is 11.3 Å². The van der Waals surface area contributed by atoms with Crippen LogP contribution in [0, 0.1) is 6.92 Å². The van der Waals surface area contributed by atoms with Gasteiger partial charge >= 0.3 is 5.69 Å². The van der Waals surface area contributed by atoms with Crippen molar-refractivity contribution < 1.29 is 13.9 Å². The molecule has 3 aromatic heterocycles. The molecule has 34 heavy (non-hydrogen) atoms. The van der Waals surface area contributed by atoms with Crippen LogP contribution in [-0.4, -0.2) is 34.2 Å². The Morgan fingerprint density at radius 3 is 2.79 bits per heavy atom. The molecule has 0 aliphatic rings.